The van der Waals surface area contributed by atoms with Gasteiger partial charge in [-0.3, -0.25) is 0 Å². The zero-order chi connectivity index (χ0) is 38.1. The monoisotopic (exact) mass is 688 g/mol. The summed E-state index contributed by atoms with van der Waals surface area (Å²) in [6.45, 7) is 14.7. The Morgan fingerprint density at radius 2 is 1.17 bits per heavy atom. The van der Waals surface area contributed by atoms with Crippen LogP contribution in [0.2, 0.25) is 0 Å². The molecule has 5 aromatic rings. The van der Waals surface area contributed by atoms with E-state index in [1.807, 2.05) is 100 Å². The number of aryl methyl sites for hydroxylation is 2. The number of rotatable bonds is 7. The van der Waals surface area contributed by atoms with Crippen LogP contribution in [0.15, 0.2) is 168 Å². The SMILES string of the molecule is C=N.CC.CC(C)=C(C=N)c1ccccc1C(N)=Nc1ccc(-c2ccc(CC3=CC=CCC3)cc2)cc1.Cc1ccccc1.Cc1ccccc1. The highest BCUT2D eigenvalue weighted by atomic mass is 14.9. The third-order valence-corrected chi connectivity index (χ3v) is 7.99. The van der Waals surface area contributed by atoms with Crippen LogP contribution in [0.25, 0.3) is 16.7 Å². The Bertz CT molecular complexity index is 1840. The fourth-order valence-electron chi connectivity index (χ4n) is 5.31. The van der Waals surface area contributed by atoms with E-state index in [2.05, 4.69) is 104 Å². The molecule has 52 heavy (non-hydrogen) atoms. The van der Waals surface area contributed by atoms with Crippen LogP contribution >= 0.6 is 0 Å². The number of hydrogen-bond donors (Lipinski definition) is 3. The summed E-state index contributed by atoms with van der Waals surface area (Å²) in [5.41, 5.74) is 18.7. The average molecular weight is 689 g/mol. The molecular formula is C48H56N4. The second-order valence-electron chi connectivity index (χ2n) is 12.1. The van der Waals surface area contributed by atoms with E-state index in [0.717, 1.165) is 52.8 Å². The van der Waals surface area contributed by atoms with Crippen LogP contribution in [-0.2, 0) is 6.42 Å². The molecule has 1 aliphatic carbocycles. The molecule has 0 saturated heterocycles. The molecule has 0 atom stereocenters. The van der Waals surface area contributed by atoms with Gasteiger partial charge in [0.1, 0.15) is 5.84 Å². The highest BCUT2D eigenvalue weighted by Gasteiger charge is 2.10. The molecule has 0 bridgehead atoms. The van der Waals surface area contributed by atoms with Crippen LogP contribution in [0.1, 0.15) is 68.4 Å². The average Bonchev–Trinajstić information content (AvgIpc) is 3.19. The molecule has 0 radical (unpaired) electrons. The van der Waals surface area contributed by atoms with Crippen molar-refractivity contribution >= 4 is 30.0 Å². The summed E-state index contributed by atoms with van der Waals surface area (Å²) >= 11 is 0. The van der Waals surface area contributed by atoms with Crippen molar-refractivity contribution in [2.24, 2.45) is 10.7 Å². The van der Waals surface area contributed by atoms with Crippen molar-refractivity contribution in [1.82, 2.24) is 0 Å². The van der Waals surface area contributed by atoms with E-state index in [9.17, 15) is 0 Å². The summed E-state index contributed by atoms with van der Waals surface area (Å²) in [6.07, 6.45) is 11.3. The first-order valence-corrected chi connectivity index (χ1v) is 17.9. The maximum atomic E-state index is 7.80. The molecule has 0 aliphatic heterocycles. The predicted octanol–water partition coefficient (Wildman–Crippen LogP) is 12.9. The Hall–Kier alpha value is -5.87. The zero-order valence-electron chi connectivity index (χ0n) is 31.9. The highest BCUT2D eigenvalue weighted by molar-refractivity contribution is 6.14. The fraction of sp³-hybridized carbons (Fsp3) is 0.188. The summed E-state index contributed by atoms with van der Waals surface area (Å²) in [4.78, 5) is 4.66. The smallest absolute Gasteiger partial charge is 0.131 e. The standard InChI is InChI=1S/C31H31N3.2C7H8.C2H6.CH3N/c1-22(2)30(21-32)28-10-6-7-11-29(28)31(33)34-27-18-16-26(17-19-27)25-14-12-24(13-15-25)20-23-8-4-3-5-9-23;2*1-7-5-3-2-4-6-7;2*1-2/h3-4,6-8,10-19,21,32H,5,9,20H2,1-2H3,(H2,33,34);2*2-6H,1H3;1-2H3;2H,1H2. The second kappa shape index (κ2) is 24.3. The minimum absolute atomic E-state index is 0.445. The van der Waals surface area contributed by atoms with Crippen molar-refractivity contribution in [3.8, 4) is 11.1 Å². The molecule has 0 fully saturated rings. The molecule has 0 unspecified atom stereocenters. The van der Waals surface area contributed by atoms with Gasteiger partial charge in [-0.15, -0.1) is 0 Å². The first kappa shape index (κ1) is 42.3. The Morgan fingerprint density at radius 1 is 0.692 bits per heavy atom. The number of nitrogens with two attached hydrogens (primary N) is 1. The van der Waals surface area contributed by atoms with Gasteiger partial charge in [-0.1, -0.05) is 176 Å². The second-order valence-corrected chi connectivity index (χ2v) is 12.1. The Balaban J connectivity index is 0.000000425. The summed E-state index contributed by atoms with van der Waals surface area (Å²) in [6, 6.07) is 45.4. The number of amidine groups is 1. The van der Waals surface area contributed by atoms with E-state index in [1.165, 1.54) is 34.0 Å². The largest absolute Gasteiger partial charge is 0.383 e. The molecule has 0 amide bonds. The number of nitrogens with one attached hydrogen (secondary N) is 2. The molecule has 268 valence electrons. The summed E-state index contributed by atoms with van der Waals surface area (Å²) in [7, 11) is 0. The van der Waals surface area contributed by atoms with E-state index in [1.54, 1.807) is 0 Å². The Labute approximate surface area is 313 Å². The van der Waals surface area contributed by atoms with Gasteiger partial charge in [-0.2, -0.15) is 0 Å². The van der Waals surface area contributed by atoms with Gasteiger partial charge in [0, 0.05) is 11.8 Å². The van der Waals surface area contributed by atoms with Crippen LogP contribution in [0, 0.1) is 24.7 Å². The van der Waals surface area contributed by atoms with Crippen molar-refractivity contribution in [2.75, 3.05) is 0 Å². The summed E-state index contributed by atoms with van der Waals surface area (Å²) < 4.78 is 0. The molecule has 5 aromatic carbocycles. The van der Waals surface area contributed by atoms with Gasteiger partial charge in [-0.25, -0.2) is 4.99 Å². The van der Waals surface area contributed by atoms with E-state index >= 15 is 0 Å². The molecule has 0 spiro atoms. The summed E-state index contributed by atoms with van der Waals surface area (Å²) in [5.74, 6) is 0.445. The van der Waals surface area contributed by atoms with E-state index in [4.69, 9.17) is 16.6 Å². The lowest BCUT2D eigenvalue weighted by molar-refractivity contribution is 0.911. The van der Waals surface area contributed by atoms with Crippen molar-refractivity contribution in [2.45, 2.75) is 60.8 Å². The molecule has 4 heteroatoms. The number of nitrogens with zero attached hydrogens (tertiary/aromatic N) is 1. The number of allylic oxidation sites excluding steroid dienone is 6. The third kappa shape index (κ3) is 14.5. The topological polar surface area (TPSA) is 86.1 Å². The number of hydrogen-bond acceptors (Lipinski definition) is 3. The molecule has 0 aromatic heterocycles. The van der Waals surface area contributed by atoms with Gasteiger partial charge < -0.3 is 16.6 Å². The molecule has 0 heterocycles. The molecule has 1 aliphatic rings. The fourth-order valence-corrected chi connectivity index (χ4v) is 5.31. The maximum Gasteiger partial charge on any atom is 0.131 e. The van der Waals surface area contributed by atoms with Gasteiger partial charge in [0.15, 0.2) is 0 Å². The van der Waals surface area contributed by atoms with Crippen LogP contribution < -0.4 is 5.73 Å². The van der Waals surface area contributed by atoms with Gasteiger partial charge in [0.25, 0.3) is 0 Å². The van der Waals surface area contributed by atoms with E-state index < -0.39 is 0 Å². The highest BCUT2D eigenvalue weighted by Crippen LogP contribution is 2.26. The maximum absolute atomic E-state index is 7.80. The normalized spacial score (nSPS) is 11.3. The predicted molar refractivity (Wildman–Crippen MR) is 229 cm³/mol. The minimum Gasteiger partial charge on any atom is -0.383 e. The molecule has 4 nitrogen and oxygen atoms in total. The first-order valence-electron chi connectivity index (χ1n) is 17.9. The molecule has 0 saturated carbocycles. The molecular weight excluding hydrogens is 633 g/mol. The quantitative estimate of drug-likeness (QED) is 0.115. The zero-order valence-corrected chi connectivity index (χ0v) is 31.9. The molecule has 6 rings (SSSR count). The number of benzene rings is 5. The molecule has 4 N–H and O–H groups in total. The van der Waals surface area contributed by atoms with Gasteiger partial charge in [0.2, 0.25) is 0 Å². The van der Waals surface area contributed by atoms with Gasteiger partial charge >= 0.3 is 0 Å². The van der Waals surface area contributed by atoms with Crippen molar-refractivity contribution in [3.05, 3.63) is 191 Å². The van der Waals surface area contributed by atoms with Crippen molar-refractivity contribution in [1.29, 1.82) is 10.8 Å². The first-order chi connectivity index (χ1) is 25.3. The van der Waals surface area contributed by atoms with Crippen LogP contribution in [-0.4, -0.2) is 18.8 Å². The summed E-state index contributed by atoms with van der Waals surface area (Å²) in [5, 5.41) is 13.3. The lowest BCUT2D eigenvalue weighted by Crippen LogP contribution is -2.15. The van der Waals surface area contributed by atoms with Crippen LogP contribution in [0.3, 0.4) is 0 Å². The Morgan fingerprint density at radius 3 is 1.60 bits per heavy atom. The van der Waals surface area contributed by atoms with E-state index in [0.29, 0.717) is 5.84 Å². The van der Waals surface area contributed by atoms with E-state index in [-0.39, 0.29) is 0 Å². The third-order valence-electron chi connectivity index (χ3n) is 7.99. The Kier molecular flexibility index (Phi) is 19.8. The van der Waals surface area contributed by atoms with Crippen molar-refractivity contribution < 1.29 is 0 Å². The number of aliphatic imine (C=N–C) groups is 1. The van der Waals surface area contributed by atoms with Gasteiger partial charge in [0.05, 0.1) is 5.69 Å². The van der Waals surface area contributed by atoms with Gasteiger partial charge in [-0.05, 0) is 93.6 Å². The minimum atomic E-state index is 0.445. The van der Waals surface area contributed by atoms with Crippen LogP contribution in [0.4, 0.5) is 5.69 Å². The van der Waals surface area contributed by atoms with Crippen molar-refractivity contribution in [3.63, 3.8) is 0 Å². The lowest BCUT2D eigenvalue weighted by atomic mass is 9.96. The lowest BCUT2D eigenvalue weighted by Gasteiger charge is -2.11. The van der Waals surface area contributed by atoms with Crippen LogP contribution in [0.5, 0.6) is 0 Å².